The second-order valence-electron chi connectivity index (χ2n) is 5.53. The normalized spacial score (nSPS) is 23.1. The van der Waals surface area contributed by atoms with E-state index in [4.69, 9.17) is 10.4 Å². The quantitative estimate of drug-likeness (QED) is 0.739. The Morgan fingerprint density at radius 1 is 1.20 bits per heavy atom. The molecule has 3 rings (SSSR count). The summed E-state index contributed by atoms with van der Waals surface area (Å²) in [6.45, 7) is 1.10. The average molecular weight is 276 g/mol. The summed E-state index contributed by atoms with van der Waals surface area (Å²) >= 11 is 0. The minimum Gasteiger partial charge on any atom is -0.397 e. The number of rotatable bonds is 4. The predicted octanol–water partition coefficient (Wildman–Crippen LogP) is 2.02. The van der Waals surface area contributed by atoms with Crippen molar-refractivity contribution in [3.05, 3.63) is 12.1 Å². The zero-order valence-corrected chi connectivity index (χ0v) is 11.4. The van der Waals surface area contributed by atoms with E-state index in [1.807, 2.05) is 6.07 Å². The number of anilines is 2. The lowest BCUT2D eigenvalue weighted by atomic mass is 9.79. The molecule has 1 fully saturated rings. The minimum atomic E-state index is 0.273. The van der Waals surface area contributed by atoms with E-state index in [-0.39, 0.29) is 6.61 Å². The number of nitrogens with one attached hydrogen (secondary N) is 1. The standard InChI is InChI=1S/C14H20N4O2/c15-11-5-6-12(14-13(11)17-20-18-14)16-7-9-3-1-2-4-10(9)8-19/h5-6,9-10,16,19H,1-4,7-8,15H2. The van der Waals surface area contributed by atoms with Crippen molar-refractivity contribution in [1.29, 1.82) is 0 Å². The Balaban J connectivity index is 1.73. The van der Waals surface area contributed by atoms with Crippen LogP contribution in [0.4, 0.5) is 11.4 Å². The van der Waals surface area contributed by atoms with Crippen LogP contribution in [0.1, 0.15) is 25.7 Å². The van der Waals surface area contributed by atoms with Gasteiger partial charge in [0.05, 0.1) is 11.4 Å². The van der Waals surface area contributed by atoms with Gasteiger partial charge in [0.2, 0.25) is 0 Å². The van der Waals surface area contributed by atoms with Crippen LogP contribution in [-0.4, -0.2) is 28.6 Å². The third-order valence-corrected chi connectivity index (χ3v) is 4.30. The molecule has 1 aliphatic carbocycles. The number of nitrogens with zero attached hydrogens (tertiary/aromatic N) is 2. The molecule has 0 spiro atoms. The number of hydrogen-bond acceptors (Lipinski definition) is 6. The highest BCUT2D eigenvalue weighted by molar-refractivity contribution is 5.94. The summed E-state index contributed by atoms with van der Waals surface area (Å²) in [5.74, 6) is 0.900. The first-order valence-corrected chi connectivity index (χ1v) is 7.15. The zero-order valence-electron chi connectivity index (χ0n) is 11.4. The number of nitrogens with two attached hydrogens (primary N) is 1. The van der Waals surface area contributed by atoms with Crippen LogP contribution in [0.25, 0.3) is 11.0 Å². The third kappa shape index (κ3) is 2.43. The SMILES string of the molecule is Nc1ccc(NCC2CCCCC2CO)c2nonc12. The number of nitrogen functional groups attached to an aromatic ring is 1. The molecule has 1 aromatic carbocycles. The van der Waals surface area contributed by atoms with Gasteiger partial charge in [-0.1, -0.05) is 12.8 Å². The maximum absolute atomic E-state index is 9.45. The Hall–Kier alpha value is -1.82. The molecule has 4 N–H and O–H groups in total. The number of hydrogen-bond donors (Lipinski definition) is 3. The number of aromatic nitrogens is 2. The molecule has 0 radical (unpaired) electrons. The summed E-state index contributed by atoms with van der Waals surface area (Å²) in [5, 5.41) is 20.6. The number of benzene rings is 1. The van der Waals surface area contributed by atoms with E-state index in [2.05, 4.69) is 15.6 Å². The van der Waals surface area contributed by atoms with Crippen molar-refractivity contribution in [3.8, 4) is 0 Å². The summed E-state index contributed by atoms with van der Waals surface area (Å²) in [5.41, 5.74) is 8.55. The van der Waals surface area contributed by atoms with E-state index < -0.39 is 0 Å². The van der Waals surface area contributed by atoms with E-state index >= 15 is 0 Å². The Kier molecular flexibility index (Phi) is 3.73. The summed E-state index contributed by atoms with van der Waals surface area (Å²) in [4.78, 5) is 0. The molecule has 0 amide bonds. The van der Waals surface area contributed by atoms with E-state index in [9.17, 15) is 5.11 Å². The fraction of sp³-hybridized carbons (Fsp3) is 0.571. The molecular formula is C14H20N4O2. The molecule has 0 bridgehead atoms. The highest BCUT2D eigenvalue weighted by Gasteiger charge is 2.24. The van der Waals surface area contributed by atoms with Crippen molar-refractivity contribution in [2.75, 3.05) is 24.2 Å². The molecule has 2 atom stereocenters. The van der Waals surface area contributed by atoms with Crippen LogP contribution in [0.3, 0.4) is 0 Å². The molecule has 1 aliphatic rings. The van der Waals surface area contributed by atoms with E-state index in [1.165, 1.54) is 12.8 Å². The average Bonchev–Trinajstić information content (AvgIpc) is 2.97. The maximum Gasteiger partial charge on any atom is 0.160 e. The second-order valence-corrected chi connectivity index (χ2v) is 5.53. The summed E-state index contributed by atoms with van der Waals surface area (Å²) < 4.78 is 4.76. The van der Waals surface area contributed by atoms with Gasteiger partial charge in [-0.2, -0.15) is 0 Å². The lowest BCUT2D eigenvalue weighted by Crippen LogP contribution is -2.28. The fourth-order valence-corrected chi connectivity index (χ4v) is 3.06. The molecule has 0 saturated heterocycles. The largest absolute Gasteiger partial charge is 0.397 e. The highest BCUT2D eigenvalue weighted by Crippen LogP contribution is 2.31. The smallest absolute Gasteiger partial charge is 0.160 e. The van der Waals surface area contributed by atoms with Gasteiger partial charge in [0, 0.05) is 13.2 Å². The summed E-state index contributed by atoms with van der Waals surface area (Å²) in [6.07, 6.45) is 4.74. The van der Waals surface area contributed by atoms with Crippen LogP contribution < -0.4 is 11.1 Å². The van der Waals surface area contributed by atoms with Crippen LogP contribution in [0.2, 0.25) is 0 Å². The molecule has 2 unspecified atom stereocenters. The van der Waals surface area contributed by atoms with Crippen LogP contribution >= 0.6 is 0 Å². The molecule has 1 aromatic heterocycles. The molecule has 6 nitrogen and oxygen atoms in total. The Morgan fingerprint density at radius 2 is 1.95 bits per heavy atom. The molecule has 108 valence electrons. The first-order chi connectivity index (χ1) is 9.79. The predicted molar refractivity (Wildman–Crippen MR) is 77.2 cm³/mol. The maximum atomic E-state index is 9.45. The van der Waals surface area contributed by atoms with Gasteiger partial charge >= 0.3 is 0 Å². The third-order valence-electron chi connectivity index (χ3n) is 4.30. The lowest BCUT2D eigenvalue weighted by molar-refractivity contribution is 0.141. The minimum absolute atomic E-state index is 0.273. The zero-order chi connectivity index (χ0) is 13.9. The van der Waals surface area contributed by atoms with E-state index in [0.29, 0.717) is 28.6 Å². The summed E-state index contributed by atoms with van der Waals surface area (Å²) in [6, 6.07) is 3.71. The molecule has 1 heterocycles. The van der Waals surface area contributed by atoms with Crippen LogP contribution in [0.15, 0.2) is 16.8 Å². The van der Waals surface area contributed by atoms with E-state index in [1.54, 1.807) is 6.07 Å². The van der Waals surface area contributed by atoms with Gasteiger partial charge in [-0.05, 0) is 47.1 Å². The first-order valence-electron chi connectivity index (χ1n) is 7.15. The number of fused-ring (bicyclic) bond motifs is 1. The second kappa shape index (κ2) is 5.66. The van der Waals surface area contributed by atoms with Crippen molar-refractivity contribution >= 4 is 22.4 Å². The molecule has 2 aromatic rings. The first kappa shape index (κ1) is 13.2. The van der Waals surface area contributed by atoms with Gasteiger partial charge in [-0.15, -0.1) is 0 Å². The molecule has 20 heavy (non-hydrogen) atoms. The molecule has 0 aliphatic heterocycles. The topological polar surface area (TPSA) is 97.2 Å². The van der Waals surface area contributed by atoms with Crippen molar-refractivity contribution in [2.45, 2.75) is 25.7 Å². The molecular weight excluding hydrogens is 256 g/mol. The van der Waals surface area contributed by atoms with Gasteiger partial charge in [0.25, 0.3) is 0 Å². The monoisotopic (exact) mass is 276 g/mol. The van der Waals surface area contributed by atoms with E-state index in [0.717, 1.165) is 25.1 Å². The van der Waals surface area contributed by atoms with Crippen LogP contribution in [0.5, 0.6) is 0 Å². The van der Waals surface area contributed by atoms with Gasteiger partial charge < -0.3 is 16.2 Å². The van der Waals surface area contributed by atoms with Crippen LogP contribution in [-0.2, 0) is 0 Å². The lowest BCUT2D eigenvalue weighted by Gasteiger charge is -2.30. The van der Waals surface area contributed by atoms with Crippen LogP contribution in [0, 0.1) is 11.8 Å². The Labute approximate surface area is 117 Å². The van der Waals surface area contributed by atoms with Crippen molar-refractivity contribution in [3.63, 3.8) is 0 Å². The Bertz CT molecular complexity index is 584. The fourth-order valence-electron chi connectivity index (χ4n) is 3.06. The Morgan fingerprint density at radius 3 is 2.75 bits per heavy atom. The number of aliphatic hydroxyl groups is 1. The van der Waals surface area contributed by atoms with Crippen molar-refractivity contribution < 1.29 is 9.74 Å². The van der Waals surface area contributed by atoms with Gasteiger partial charge in [-0.25, -0.2) is 4.63 Å². The van der Waals surface area contributed by atoms with Gasteiger partial charge in [0.1, 0.15) is 0 Å². The molecule has 6 heteroatoms. The van der Waals surface area contributed by atoms with Crippen molar-refractivity contribution in [2.24, 2.45) is 11.8 Å². The van der Waals surface area contributed by atoms with Gasteiger partial charge in [0.15, 0.2) is 11.0 Å². The van der Waals surface area contributed by atoms with Gasteiger partial charge in [-0.3, -0.25) is 0 Å². The highest BCUT2D eigenvalue weighted by atomic mass is 16.6. The summed E-state index contributed by atoms with van der Waals surface area (Å²) in [7, 11) is 0. The molecule has 1 saturated carbocycles. The van der Waals surface area contributed by atoms with Crippen molar-refractivity contribution in [1.82, 2.24) is 10.3 Å². The number of aliphatic hydroxyl groups excluding tert-OH is 1.